The Hall–Kier alpha value is -0.380. The summed E-state index contributed by atoms with van der Waals surface area (Å²) in [5.74, 6) is 0.330. The molecule has 0 amide bonds. The number of aromatic nitrogens is 2. The quantitative estimate of drug-likeness (QED) is 0.356. The van der Waals surface area contributed by atoms with Crippen LogP contribution in [0.5, 0.6) is 0 Å². The molecule has 13 heteroatoms. The topological polar surface area (TPSA) is 109 Å². The highest BCUT2D eigenvalue weighted by Gasteiger charge is 2.51. The van der Waals surface area contributed by atoms with Crippen LogP contribution in [-0.2, 0) is 27.2 Å². The van der Waals surface area contributed by atoms with Crippen LogP contribution >= 0.6 is 42.5 Å². The van der Waals surface area contributed by atoms with Crippen LogP contribution in [-0.4, -0.2) is 41.9 Å². The number of anilines is 1. The molecule has 2 aromatic rings. The van der Waals surface area contributed by atoms with Crippen molar-refractivity contribution < 1.29 is 27.2 Å². The summed E-state index contributed by atoms with van der Waals surface area (Å²) in [6.45, 7) is 7.07. The first kappa shape index (κ1) is 23.9. The first-order chi connectivity index (χ1) is 13.3. The maximum Gasteiger partial charge on any atom is 0.365 e. The zero-order valence-electron chi connectivity index (χ0n) is 16.1. The zero-order valence-corrected chi connectivity index (χ0v) is 20.3. The molecule has 2 aromatic heterocycles. The van der Waals surface area contributed by atoms with Crippen LogP contribution in [0, 0.1) is 0 Å². The molecule has 2 heterocycles. The fourth-order valence-corrected chi connectivity index (χ4v) is 8.79. The number of nitrogens with one attached hydrogen (secondary N) is 1. The van der Waals surface area contributed by atoms with Gasteiger partial charge in [0.2, 0.25) is 5.52 Å². The van der Waals surface area contributed by atoms with Gasteiger partial charge < -0.3 is 23.4 Å². The van der Waals surface area contributed by atoms with Gasteiger partial charge in [-0.05, 0) is 49.7 Å². The third kappa shape index (κ3) is 5.40. The zero-order chi connectivity index (χ0) is 20.8. The van der Waals surface area contributed by atoms with Crippen molar-refractivity contribution >= 4 is 58.5 Å². The van der Waals surface area contributed by atoms with Crippen LogP contribution < -0.4 is 5.32 Å². The van der Waals surface area contributed by atoms with Crippen LogP contribution in [0.4, 0.5) is 5.82 Å². The minimum absolute atomic E-state index is 0.0941. The lowest BCUT2D eigenvalue weighted by Crippen LogP contribution is -2.26. The Balaban J connectivity index is 2.59. The number of thiophene rings is 1. The molecule has 0 atom stereocenters. The smallest absolute Gasteiger partial charge is 0.346 e. The van der Waals surface area contributed by atoms with Gasteiger partial charge in [0.15, 0.2) is 0 Å². The van der Waals surface area contributed by atoms with Gasteiger partial charge in [0.1, 0.15) is 17.0 Å². The van der Waals surface area contributed by atoms with E-state index in [0.717, 1.165) is 3.79 Å². The molecule has 9 nitrogen and oxygen atoms in total. The second kappa shape index (κ2) is 10.6. The van der Waals surface area contributed by atoms with E-state index in [9.17, 15) is 9.13 Å². The number of hydrogen-bond acceptors (Lipinski definition) is 10. The van der Waals surface area contributed by atoms with E-state index in [1.165, 1.54) is 17.7 Å². The van der Waals surface area contributed by atoms with Crippen LogP contribution in [0.3, 0.4) is 0 Å². The summed E-state index contributed by atoms with van der Waals surface area (Å²) in [6, 6.07) is 1.82. The Morgan fingerprint density at radius 1 is 1.00 bits per heavy atom. The molecule has 0 unspecified atom stereocenters. The molecule has 2 rings (SSSR count). The molecule has 0 spiro atoms. The Labute approximate surface area is 176 Å². The minimum atomic E-state index is -3.94. The van der Waals surface area contributed by atoms with Crippen molar-refractivity contribution in [1.29, 1.82) is 0 Å². The van der Waals surface area contributed by atoms with Crippen molar-refractivity contribution in [2.24, 2.45) is 0 Å². The van der Waals surface area contributed by atoms with Gasteiger partial charge in [0.25, 0.3) is 0 Å². The van der Waals surface area contributed by atoms with Crippen LogP contribution in [0.1, 0.15) is 27.7 Å². The number of hydrogen-bond donors (Lipinski definition) is 1. The summed E-state index contributed by atoms with van der Waals surface area (Å²) < 4.78 is 49.8. The summed E-state index contributed by atoms with van der Waals surface area (Å²) in [6.07, 6.45) is 1.36. The van der Waals surface area contributed by atoms with Gasteiger partial charge in [-0.3, -0.25) is 9.13 Å². The molecule has 158 valence electrons. The SMILES string of the molecule is CCOP(=O)(OCC)C(Nc1ncnc2sc(Br)cc12)P(=O)(OCC)OCC. The largest absolute Gasteiger partial charge is 0.365 e. The van der Waals surface area contributed by atoms with E-state index in [1.807, 2.05) is 6.07 Å². The normalized spacial score (nSPS) is 12.8. The van der Waals surface area contributed by atoms with E-state index in [2.05, 4.69) is 31.2 Å². The van der Waals surface area contributed by atoms with Crippen molar-refractivity contribution in [3.05, 3.63) is 16.2 Å². The van der Waals surface area contributed by atoms with Gasteiger partial charge in [0.05, 0.1) is 35.6 Å². The van der Waals surface area contributed by atoms with Gasteiger partial charge in [0, 0.05) is 0 Å². The average molecular weight is 516 g/mol. The van der Waals surface area contributed by atoms with E-state index in [1.54, 1.807) is 27.7 Å². The van der Waals surface area contributed by atoms with E-state index in [4.69, 9.17) is 18.1 Å². The van der Waals surface area contributed by atoms with Gasteiger partial charge in [-0.1, -0.05) is 0 Å². The lowest BCUT2D eigenvalue weighted by Gasteiger charge is -2.32. The summed E-state index contributed by atoms with van der Waals surface area (Å²) in [5.41, 5.74) is -1.39. The molecule has 0 aromatic carbocycles. The Kier molecular flexibility index (Phi) is 9.04. The van der Waals surface area contributed by atoms with Crippen molar-refractivity contribution in [2.75, 3.05) is 31.7 Å². The molecular weight excluding hydrogens is 492 g/mol. The summed E-state index contributed by atoms with van der Waals surface area (Å²) in [4.78, 5) is 9.14. The van der Waals surface area contributed by atoms with Crippen molar-refractivity contribution in [2.45, 2.75) is 33.2 Å². The lowest BCUT2D eigenvalue weighted by atomic mass is 10.4. The predicted molar refractivity (Wildman–Crippen MR) is 114 cm³/mol. The Bertz CT molecular complexity index is 833. The fraction of sp³-hybridized carbons (Fsp3) is 0.600. The summed E-state index contributed by atoms with van der Waals surface area (Å²) in [5, 5.41) is 3.63. The van der Waals surface area contributed by atoms with E-state index in [-0.39, 0.29) is 26.4 Å². The number of rotatable bonds is 12. The first-order valence-corrected chi connectivity index (χ1v) is 13.6. The maximum absolute atomic E-state index is 13.6. The third-order valence-corrected chi connectivity index (χ3v) is 10.6. The summed E-state index contributed by atoms with van der Waals surface area (Å²) in [7, 11) is -7.88. The van der Waals surface area contributed by atoms with Crippen LogP contribution in [0.15, 0.2) is 16.2 Å². The second-order valence-electron chi connectivity index (χ2n) is 5.26. The van der Waals surface area contributed by atoms with Gasteiger partial charge in [-0.15, -0.1) is 11.3 Å². The van der Waals surface area contributed by atoms with E-state index in [0.29, 0.717) is 16.0 Å². The highest BCUT2D eigenvalue weighted by atomic mass is 79.9. The molecule has 0 aliphatic heterocycles. The van der Waals surface area contributed by atoms with Crippen molar-refractivity contribution in [3.8, 4) is 0 Å². The van der Waals surface area contributed by atoms with Crippen molar-refractivity contribution in [3.63, 3.8) is 0 Å². The van der Waals surface area contributed by atoms with Crippen LogP contribution in [0.25, 0.3) is 10.2 Å². The first-order valence-electron chi connectivity index (χ1n) is 8.77. The predicted octanol–water partition coefficient (Wildman–Crippen LogP) is 5.68. The molecule has 0 aliphatic carbocycles. The van der Waals surface area contributed by atoms with E-state index < -0.39 is 20.7 Å². The van der Waals surface area contributed by atoms with Gasteiger partial charge in [-0.2, -0.15) is 0 Å². The molecule has 0 bridgehead atoms. The number of fused-ring (bicyclic) bond motifs is 1. The highest BCUT2D eigenvalue weighted by molar-refractivity contribution is 9.11. The third-order valence-electron chi connectivity index (χ3n) is 3.40. The lowest BCUT2D eigenvalue weighted by molar-refractivity contribution is 0.198. The maximum atomic E-state index is 13.6. The number of halogens is 1. The molecule has 0 saturated heterocycles. The molecule has 0 radical (unpaired) electrons. The molecule has 28 heavy (non-hydrogen) atoms. The average Bonchev–Trinajstić information content (AvgIpc) is 3.01. The Morgan fingerprint density at radius 3 is 1.96 bits per heavy atom. The van der Waals surface area contributed by atoms with Gasteiger partial charge in [-0.25, -0.2) is 9.97 Å². The van der Waals surface area contributed by atoms with Crippen molar-refractivity contribution in [1.82, 2.24) is 9.97 Å². The molecule has 1 N–H and O–H groups in total. The monoisotopic (exact) mass is 515 g/mol. The number of nitrogens with zero attached hydrogens (tertiary/aromatic N) is 2. The van der Waals surface area contributed by atoms with E-state index >= 15 is 0 Å². The second-order valence-corrected chi connectivity index (χ2v) is 12.3. The molecule has 0 aliphatic rings. The highest BCUT2D eigenvalue weighted by Crippen LogP contribution is 2.70. The standard InChI is InChI=1S/C15H24BrN3O6P2S/c1-5-22-26(20,23-6-2)15(27(21,24-7-3)25-8-4)19-13-11-9-12(16)28-14(11)18-10-17-13/h9-10,15H,5-8H2,1-4H3,(H,17,18,19). The Morgan fingerprint density at radius 2 is 1.50 bits per heavy atom. The fourth-order valence-electron chi connectivity index (χ4n) is 2.47. The molecule has 0 saturated carbocycles. The van der Waals surface area contributed by atoms with Gasteiger partial charge >= 0.3 is 15.2 Å². The van der Waals surface area contributed by atoms with Crippen LogP contribution in [0.2, 0.25) is 0 Å². The molecule has 0 fully saturated rings. The minimum Gasteiger partial charge on any atom is -0.346 e. The summed E-state index contributed by atoms with van der Waals surface area (Å²) >= 11 is 4.83. The molecular formula is C15H24BrN3O6P2S.